The van der Waals surface area contributed by atoms with Crippen LogP contribution in [0.5, 0.6) is 0 Å². The fourth-order valence-corrected chi connectivity index (χ4v) is 12.4. The molecule has 5 aliphatic carbocycles. The number of nitrogens with one attached hydrogen (secondary N) is 1. The zero-order valence-corrected chi connectivity index (χ0v) is 28.9. The number of carboxylic acid groups (broad SMARTS) is 1. The Balaban J connectivity index is 0.00000123. The number of fused-ring (bicyclic) bond motifs is 7. The highest BCUT2D eigenvalue weighted by atomic mass is 16.5. The van der Waals surface area contributed by atoms with Crippen molar-refractivity contribution in [3.05, 3.63) is 54.1 Å². The Labute approximate surface area is 268 Å². The second-order valence-electron chi connectivity index (χ2n) is 16.5. The van der Waals surface area contributed by atoms with E-state index in [1.807, 2.05) is 19.1 Å². The molecule has 5 aliphatic rings. The van der Waals surface area contributed by atoms with Gasteiger partial charge in [-0.1, -0.05) is 65.3 Å². The van der Waals surface area contributed by atoms with Crippen LogP contribution in [0, 0.1) is 50.7 Å². The van der Waals surface area contributed by atoms with Gasteiger partial charge in [0.2, 0.25) is 0 Å². The molecule has 7 unspecified atom stereocenters. The quantitative estimate of drug-likeness (QED) is 0.241. The van der Waals surface area contributed by atoms with E-state index in [-0.39, 0.29) is 5.41 Å². The van der Waals surface area contributed by atoms with Crippen molar-refractivity contribution in [1.82, 2.24) is 5.32 Å². The summed E-state index contributed by atoms with van der Waals surface area (Å²) in [5.74, 6) is 2.29. The van der Waals surface area contributed by atoms with E-state index in [1.54, 1.807) is 25.3 Å². The SMILES string of the molecule is C=CC.COCCNCC12CCCC1C1CCC3C4(C)CC=C(c5ccc(C(=O)O)cc5)C(C)(C)C4CCC3(C)[C@]1(C)CC2. The van der Waals surface area contributed by atoms with Gasteiger partial charge in [-0.3, -0.25) is 0 Å². The molecule has 4 heteroatoms. The maximum Gasteiger partial charge on any atom is 0.335 e. The molecule has 244 valence electrons. The zero-order valence-electron chi connectivity index (χ0n) is 28.9. The Bertz CT molecular complexity index is 1230. The van der Waals surface area contributed by atoms with Crippen LogP contribution in [0.4, 0.5) is 0 Å². The standard InChI is InChI=1S/C37H55NO3.C3H6/c1-33(2)27(25-9-11-26(12-10-25)32(39)40)15-18-34(3)30(33)16-19-36(5)31(34)14-13-28-29-8-7-17-37(29,21-20-35(28,36)4)24-38-22-23-41-6;1-3-2/h9-12,15,28-31,38H,7-8,13-14,16-24H2,1-6H3,(H,39,40);3H,1H2,2H3/t28?,29?,30?,31?,34?,35-,36?,37?;/m1./s1. The number of rotatable bonds is 7. The highest BCUT2D eigenvalue weighted by molar-refractivity contribution is 5.88. The van der Waals surface area contributed by atoms with E-state index < -0.39 is 5.97 Å². The van der Waals surface area contributed by atoms with Gasteiger partial charge in [-0.05, 0) is 139 Å². The van der Waals surface area contributed by atoms with Crippen LogP contribution in [0.1, 0.15) is 122 Å². The van der Waals surface area contributed by atoms with E-state index in [9.17, 15) is 9.90 Å². The van der Waals surface area contributed by atoms with Crippen LogP contribution in [0.15, 0.2) is 43.0 Å². The Kier molecular flexibility index (Phi) is 9.40. The first-order chi connectivity index (χ1) is 20.8. The molecule has 0 aliphatic heterocycles. The molecule has 0 radical (unpaired) electrons. The zero-order chi connectivity index (χ0) is 32.0. The third kappa shape index (κ3) is 5.15. The lowest BCUT2D eigenvalue weighted by Gasteiger charge is -2.72. The maximum atomic E-state index is 11.5. The van der Waals surface area contributed by atoms with Crippen LogP contribution in [0.3, 0.4) is 0 Å². The molecule has 1 aromatic carbocycles. The molecular weight excluding hydrogens is 542 g/mol. The molecule has 4 saturated carbocycles. The number of hydrogen-bond acceptors (Lipinski definition) is 3. The van der Waals surface area contributed by atoms with E-state index >= 15 is 0 Å². The average Bonchev–Trinajstić information content (AvgIpc) is 3.40. The second kappa shape index (κ2) is 12.4. The van der Waals surface area contributed by atoms with Crippen molar-refractivity contribution in [3.63, 3.8) is 0 Å². The predicted molar refractivity (Wildman–Crippen MR) is 183 cm³/mol. The molecule has 4 nitrogen and oxygen atoms in total. The first kappa shape index (κ1) is 33.5. The Hall–Kier alpha value is -1.91. The monoisotopic (exact) mass is 603 g/mol. The summed E-state index contributed by atoms with van der Waals surface area (Å²) in [4.78, 5) is 11.5. The lowest BCUT2D eigenvalue weighted by atomic mass is 9.32. The van der Waals surface area contributed by atoms with E-state index in [1.165, 1.54) is 75.5 Å². The van der Waals surface area contributed by atoms with Crippen molar-refractivity contribution in [3.8, 4) is 0 Å². The largest absolute Gasteiger partial charge is 0.478 e. The molecule has 1 aromatic rings. The first-order valence-electron chi connectivity index (χ1n) is 17.7. The van der Waals surface area contributed by atoms with Crippen molar-refractivity contribution < 1.29 is 14.6 Å². The number of allylic oxidation sites excluding steroid dienone is 3. The number of carboxylic acids is 1. The van der Waals surface area contributed by atoms with Crippen LogP contribution in [-0.4, -0.2) is 37.9 Å². The maximum absolute atomic E-state index is 11.5. The predicted octanol–water partition coefficient (Wildman–Crippen LogP) is 9.66. The molecule has 0 saturated heterocycles. The molecule has 0 heterocycles. The van der Waals surface area contributed by atoms with Crippen LogP contribution in [0.25, 0.3) is 5.57 Å². The second-order valence-corrected chi connectivity index (χ2v) is 16.5. The van der Waals surface area contributed by atoms with Gasteiger partial charge in [-0.2, -0.15) is 0 Å². The number of methoxy groups -OCH3 is 1. The normalized spacial score (nSPS) is 40.2. The summed E-state index contributed by atoms with van der Waals surface area (Å²) >= 11 is 0. The fourth-order valence-electron chi connectivity index (χ4n) is 12.4. The van der Waals surface area contributed by atoms with E-state index in [4.69, 9.17) is 4.74 Å². The molecule has 2 N–H and O–H groups in total. The van der Waals surface area contributed by atoms with Gasteiger partial charge in [-0.25, -0.2) is 4.79 Å². The summed E-state index contributed by atoms with van der Waals surface area (Å²) < 4.78 is 5.34. The summed E-state index contributed by atoms with van der Waals surface area (Å²) in [7, 11) is 1.81. The van der Waals surface area contributed by atoms with Gasteiger partial charge < -0.3 is 15.2 Å². The summed E-state index contributed by atoms with van der Waals surface area (Å²) in [6, 6.07) is 7.64. The summed E-state index contributed by atoms with van der Waals surface area (Å²) in [6.07, 6.45) is 18.0. The van der Waals surface area contributed by atoms with Crippen molar-refractivity contribution in [2.45, 2.75) is 106 Å². The van der Waals surface area contributed by atoms with Gasteiger partial charge in [0.1, 0.15) is 0 Å². The van der Waals surface area contributed by atoms with Gasteiger partial charge in [0.25, 0.3) is 0 Å². The number of benzene rings is 1. The molecular formula is C40H61NO3. The van der Waals surface area contributed by atoms with Gasteiger partial charge >= 0.3 is 5.97 Å². The van der Waals surface area contributed by atoms with E-state index in [0.717, 1.165) is 37.3 Å². The minimum Gasteiger partial charge on any atom is -0.478 e. The van der Waals surface area contributed by atoms with Crippen LogP contribution < -0.4 is 5.32 Å². The molecule has 44 heavy (non-hydrogen) atoms. The molecule has 8 atom stereocenters. The van der Waals surface area contributed by atoms with E-state index in [2.05, 4.69) is 52.6 Å². The van der Waals surface area contributed by atoms with Crippen molar-refractivity contribution in [2.75, 3.05) is 26.8 Å². The van der Waals surface area contributed by atoms with Crippen LogP contribution in [-0.2, 0) is 4.74 Å². The smallest absolute Gasteiger partial charge is 0.335 e. The Morgan fingerprint density at radius 1 is 0.955 bits per heavy atom. The number of carbonyl (C=O) groups is 1. The molecule has 0 bridgehead atoms. The average molecular weight is 604 g/mol. The van der Waals surface area contributed by atoms with Crippen molar-refractivity contribution in [1.29, 1.82) is 0 Å². The van der Waals surface area contributed by atoms with Crippen molar-refractivity contribution >= 4 is 11.5 Å². The lowest BCUT2D eigenvalue weighted by molar-refractivity contribution is -0.222. The van der Waals surface area contributed by atoms with Gasteiger partial charge in [-0.15, -0.1) is 6.58 Å². The lowest BCUT2D eigenvalue weighted by Crippen LogP contribution is -2.65. The Morgan fingerprint density at radius 2 is 1.66 bits per heavy atom. The van der Waals surface area contributed by atoms with Crippen LogP contribution >= 0.6 is 0 Å². The fraction of sp³-hybridized carbons (Fsp3) is 0.725. The minimum absolute atomic E-state index is 0.0673. The number of hydrogen-bond donors (Lipinski definition) is 2. The first-order valence-corrected chi connectivity index (χ1v) is 17.7. The molecule has 0 aromatic heterocycles. The van der Waals surface area contributed by atoms with Crippen molar-refractivity contribution in [2.24, 2.45) is 50.7 Å². The molecule has 6 rings (SSSR count). The summed E-state index contributed by atoms with van der Waals surface area (Å²) in [6.45, 7) is 21.3. The van der Waals surface area contributed by atoms with Gasteiger partial charge in [0.05, 0.1) is 12.2 Å². The highest BCUT2D eigenvalue weighted by Gasteiger charge is 2.69. The molecule has 0 amide bonds. The minimum atomic E-state index is -0.850. The topological polar surface area (TPSA) is 58.6 Å². The third-order valence-electron chi connectivity index (χ3n) is 14.5. The molecule has 4 fully saturated rings. The molecule has 0 spiro atoms. The van der Waals surface area contributed by atoms with Gasteiger partial charge in [0.15, 0.2) is 0 Å². The van der Waals surface area contributed by atoms with E-state index in [0.29, 0.717) is 33.1 Å². The van der Waals surface area contributed by atoms with Crippen LogP contribution in [0.2, 0.25) is 0 Å². The van der Waals surface area contributed by atoms with Gasteiger partial charge in [0, 0.05) is 20.2 Å². The number of aromatic carboxylic acids is 1. The Morgan fingerprint density at radius 3 is 2.32 bits per heavy atom. The summed E-state index contributed by atoms with van der Waals surface area (Å²) in [5, 5.41) is 13.2. The number of ether oxygens (including phenoxy) is 1. The summed E-state index contributed by atoms with van der Waals surface area (Å²) in [5.41, 5.74) is 4.70. The highest BCUT2D eigenvalue weighted by Crippen LogP contribution is 2.77. The third-order valence-corrected chi connectivity index (χ3v) is 14.5.